The van der Waals surface area contributed by atoms with Gasteiger partial charge >= 0.3 is 0 Å². The van der Waals surface area contributed by atoms with Gasteiger partial charge in [-0.15, -0.1) is 12.4 Å². The summed E-state index contributed by atoms with van der Waals surface area (Å²) in [5.41, 5.74) is 0. The Hall–Kier alpha value is 1.07. The second-order valence-corrected chi connectivity index (χ2v) is 8.05. The molecule has 0 spiro atoms. The van der Waals surface area contributed by atoms with Crippen molar-refractivity contribution in [3.63, 3.8) is 0 Å². The monoisotopic (exact) mass is 161 g/mol. The Morgan fingerprint density at radius 3 is 0.857 bits per heavy atom. The number of hydrogen-bond acceptors (Lipinski definition) is 0. The molecular weight excluding hydrogens is 147 g/mol. The van der Waals surface area contributed by atoms with Gasteiger partial charge in [0.25, 0.3) is 0 Å². The lowest BCUT2D eigenvalue weighted by atomic mass is 11.8. The van der Waals surface area contributed by atoms with E-state index in [9.17, 15) is 0 Å². The average Bonchev–Trinajstić information content (AvgIpc) is 0.722. The van der Waals surface area contributed by atoms with Crippen LogP contribution in [0.3, 0.4) is 0 Å². The number of rotatable bonds is 0. The van der Waals surface area contributed by atoms with Crippen LogP contribution in [0.4, 0.5) is 0 Å². The second kappa shape index (κ2) is 5.21. The highest BCUT2D eigenvalue weighted by Crippen LogP contribution is 2.40. The lowest BCUT2D eigenvalue weighted by molar-refractivity contribution is 1.95. The fourth-order valence-electron chi connectivity index (χ4n) is 0. The molecule has 7 heavy (non-hydrogen) atoms. The molecule has 0 nitrogen and oxygen atoms in total. The lowest BCUT2D eigenvalue weighted by Crippen LogP contribution is -1.74. The van der Waals surface area contributed by atoms with Gasteiger partial charge in [-0.2, -0.15) is 13.5 Å². The normalized spacial score (nSPS) is 8.57. The Kier molecular flexibility index (Phi) is 11.7. The fourth-order valence-corrected chi connectivity index (χ4v) is 0. The second-order valence-electron chi connectivity index (χ2n) is 2.68. The highest BCUT2D eigenvalue weighted by Gasteiger charge is 2.03. The van der Waals surface area contributed by atoms with Gasteiger partial charge in [0.1, 0.15) is 0 Å². The summed E-state index contributed by atoms with van der Waals surface area (Å²) >= 11 is 0. The summed E-state index contributed by atoms with van der Waals surface area (Å²) in [7, 11) is -0.389. The first-order valence-electron chi connectivity index (χ1n) is 1.79. The average molecular weight is 162 g/mol. The Morgan fingerprint density at radius 2 is 0.857 bits per heavy atom. The van der Waals surface area contributed by atoms with E-state index in [0.717, 1.165) is 0 Å². The van der Waals surface area contributed by atoms with E-state index in [1.807, 2.05) is 0 Å². The molecule has 0 amide bonds. The SMILES string of the molecule is C[P+](C)(C)C.Cl.S. The largest absolute Gasteiger partial charge is 0.197 e. The van der Waals surface area contributed by atoms with Crippen LogP contribution < -0.4 is 0 Å². The van der Waals surface area contributed by atoms with Gasteiger partial charge in [-0.25, -0.2) is 0 Å². The van der Waals surface area contributed by atoms with E-state index < -0.39 is 0 Å². The van der Waals surface area contributed by atoms with Crippen molar-refractivity contribution in [3.05, 3.63) is 0 Å². The highest BCUT2D eigenvalue weighted by molar-refractivity contribution is 7.73. The summed E-state index contributed by atoms with van der Waals surface area (Å²) in [6.45, 7) is 9.19. The van der Waals surface area contributed by atoms with Gasteiger partial charge in [0, 0.05) is 33.9 Å². The van der Waals surface area contributed by atoms with Crippen molar-refractivity contribution in [2.45, 2.75) is 0 Å². The molecule has 0 rings (SSSR count). The molecule has 0 atom stereocenters. The molecule has 0 aliphatic carbocycles. The van der Waals surface area contributed by atoms with Crippen molar-refractivity contribution in [2.75, 3.05) is 26.7 Å². The first-order chi connectivity index (χ1) is 2.00. The summed E-state index contributed by atoms with van der Waals surface area (Å²) in [5.74, 6) is 0. The van der Waals surface area contributed by atoms with Crippen molar-refractivity contribution in [2.24, 2.45) is 0 Å². The molecular formula is C4H15ClPS+. The third-order valence-electron chi connectivity index (χ3n) is 0. The molecule has 0 fully saturated rings. The van der Waals surface area contributed by atoms with Crippen molar-refractivity contribution in [1.82, 2.24) is 0 Å². The molecule has 0 aromatic heterocycles. The molecule has 0 unspecified atom stereocenters. The van der Waals surface area contributed by atoms with Gasteiger partial charge in [-0.1, -0.05) is 0 Å². The smallest absolute Gasteiger partial charge is 0.0481 e. The van der Waals surface area contributed by atoms with E-state index in [1.54, 1.807) is 0 Å². The fraction of sp³-hybridized carbons (Fsp3) is 1.00. The Balaban J connectivity index is -0.0000000800. The van der Waals surface area contributed by atoms with Gasteiger partial charge in [0.15, 0.2) is 0 Å². The van der Waals surface area contributed by atoms with Gasteiger partial charge < -0.3 is 0 Å². The number of halogens is 1. The molecule has 48 valence electrons. The molecule has 0 aliphatic rings. The van der Waals surface area contributed by atoms with Gasteiger partial charge in [-0.3, -0.25) is 0 Å². The van der Waals surface area contributed by atoms with E-state index in [4.69, 9.17) is 0 Å². The van der Waals surface area contributed by atoms with Gasteiger partial charge in [-0.05, 0) is 0 Å². The van der Waals surface area contributed by atoms with Crippen molar-refractivity contribution < 1.29 is 0 Å². The predicted octanol–water partition coefficient (Wildman–Crippen LogP) is 2.06. The maximum absolute atomic E-state index is 2.30. The zero-order chi connectivity index (χ0) is 4.50. The number of hydrogen-bond donors (Lipinski definition) is 0. The van der Waals surface area contributed by atoms with Crippen molar-refractivity contribution in [1.29, 1.82) is 0 Å². The van der Waals surface area contributed by atoms with Crippen LogP contribution in [0.2, 0.25) is 0 Å². The molecule has 0 aromatic rings. The Bertz CT molecular complexity index is 27.2. The van der Waals surface area contributed by atoms with Crippen LogP contribution >= 0.6 is 33.2 Å². The minimum absolute atomic E-state index is 0. The van der Waals surface area contributed by atoms with Crippen LogP contribution in [0.1, 0.15) is 0 Å². The summed E-state index contributed by atoms with van der Waals surface area (Å²) < 4.78 is 0. The van der Waals surface area contributed by atoms with E-state index in [2.05, 4.69) is 26.7 Å². The highest BCUT2D eigenvalue weighted by atomic mass is 35.5. The molecule has 0 aliphatic heterocycles. The van der Waals surface area contributed by atoms with E-state index in [-0.39, 0.29) is 33.2 Å². The third kappa shape index (κ3) is 159. The summed E-state index contributed by atoms with van der Waals surface area (Å²) in [4.78, 5) is 0. The van der Waals surface area contributed by atoms with E-state index >= 15 is 0 Å². The topological polar surface area (TPSA) is 0 Å². The quantitative estimate of drug-likeness (QED) is 0.477. The standard InChI is InChI=1S/C4H12P.ClH.H2S/c1-5(2,3)4;;/h1-4H3;1H;1H2/q+1;;. The molecule has 0 bridgehead atoms. The first kappa shape index (κ1) is 15.7. The van der Waals surface area contributed by atoms with Crippen molar-refractivity contribution >= 4 is 33.2 Å². The van der Waals surface area contributed by atoms with Gasteiger partial charge in [0.05, 0.1) is 0 Å². The zero-order valence-electron chi connectivity index (χ0n) is 5.36. The summed E-state index contributed by atoms with van der Waals surface area (Å²) in [6, 6.07) is 0. The van der Waals surface area contributed by atoms with Crippen LogP contribution in [-0.4, -0.2) is 26.7 Å². The lowest BCUT2D eigenvalue weighted by Gasteiger charge is -1.97. The molecule has 3 heteroatoms. The van der Waals surface area contributed by atoms with E-state index in [0.29, 0.717) is 0 Å². The first-order valence-corrected chi connectivity index (χ1v) is 5.37. The Morgan fingerprint density at radius 1 is 0.857 bits per heavy atom. The van der Waals surface area contributed by atoms with Crippen LogP contribution in [0.15, 0.2) is 0 Å². The predicted molar refractivity (Wildman–Crippen MR) is 48.2 cm³/mol. The zero-order valence-corrected chi connectivity index (χ0v) is 8.07. The minimum atomic E-state index is -0.389. The molecule has 0 radical (unpaired) electrons. The van der Waals surface area contributed by atoms with Crippen molar-refractivity contribution in [3.8, 4) is 0 Å². The molecule has 0 N–H and O–H groups in total. The third-order valence-corrected chi connectivity index (χ3v) is 0. The molecule has 0 saturated carbocycles. The maximum atomic E-state index is 2.30. The van der Waals surface area contributed by atoms with Gasteiger partial charge in [0.2, 0.25) is 0 Å². The molecule has 0 heterocycles. The van der Waals surface area contributed by atoms with Crippen LogP contribution in [-0.2, 0) is 0 Å². The Labute approximate surface area is 60.3 Å². The van der Waals surface area contributed by atoms with Crippen LogP contribution in [0.5, 0.6) is 0 Å². The van der Waals surface area contributed by atoms with Crippen LogP contribution in [0.25, 0.3) is 0 Å². The minimum Gasteiger partial charge on any atom is -0.197 e. The van der Waals surface area contributed by atoms with E-state index in [1.165, 1.54) is 0 Å². The summed E-state index contributed by atoms with van der Waals surface area (Å²) in [5, 5.41) is 0. The molecule has 0 aromatic carbocycles. The van der Waals surface area contributed by atoms with Crippen LogP contribution in [0, 0.1) is 0 Å². The molecule has 0 saturated heterocycles. The maximum Gasteiger partial charge on any atom is 0.0481 e. The summed E-state index contributed by atoms with van der Waals surface area (Å²) in [6.07, 6.45) is 0.